The van der Waals surface area contributed by atoms with E-state index in [0.717, 1.165) is 34.3 Å². The van der Waals surface area contributed by atoms with Gasteiger partial charge in [-0.05, 0) is 55.7 Å². The number of thioether (sulfide) groups is 1. The Hall–Kier alpha value is -1.99. The molecule has 2 saturated heterocycles. The number of anilines is 2. The molecular weight excluding hydrogens is 438 g/mol. The second kappa shape index (κ2) is 7.79. The third-order valence-electron chi connectivity index (χ3n) is 5.29. The van der Waals surface area contributed by atoms with E-state index in [1.54, 1.807) is 11.8 Å². The normalized spacial score (nSPS) is 18.6. The van der Waals surface area contributed by atoms with Crippen LogP contribution in [0, 0.1) is 6.92 Å². The Bertz CT molecular complexity index is 912. The summed E-state index contributed by atoms with van der Waals surface area (Å²) in [5.41, 5.74) is 2.87. The molecule has 28 heavy (non-hydrogen) atoms. The van der Waals surface area contributed by atoms with Crippen molar-refractivity contribution in [3.05, 3.63) is 58.6 Å². The SMILES string of the molecule is Cc1cccc(N2C(=O)CSC23CCN(C(=O)Nc2cccc(Br)c2)CC3)c1. The third kappa shape index (κ3) is 3.78. The van der Waals surface area contributed by atoms with E-state index in [1.807, 2.05) is 59.2 Å². The van der Waals surface area contributed by atoms with Gasteiger partial charge in [-0.2, -0.15) is 0 Å². The number of nitrogens with zero attached hydrogens (tertiary/aromatic N) is 2. The lowest BCUT2D eigenvalue weighted by molar-refractivity contribution is -0.116. The van der Waals surface area contributed by atoms with Gasteiger partial charge in [-0.25, -0.2) is 4.79 Å². The molecule has 0 aliphatic carbocycles. The van der Waals surface area contributed by atoms with E-state index in [-0.39, 0.29) is 16.8 Å². The van der Waals surface area contributed by atoms with Gasteiger partial charge in [-0.1, -0.05) is 34.1 Å². The van der Waals surface area contributed by atoms with E-state index in [2.05, 4.69) is 27.3 Å². The molecule has 0 aromatic heterocycles. The van der Waals surface area contributed by atoms with E-state index >= 15 is 0 Å². The number of amides is 3. The zero-order valence-corrected chi connectivity index (χ0v) is 18.1. The van der Waals surface area contributed by atoms with Crippen LogP contribution < -0.4 is 10.2 Å². The minimum absolute atomic E-state index is 0.0932. The molecule has 2 aliphatic rings. The Labute approximate surface area is 177 Å². The number of likely N-dealkylation sites (tertiary alicyclic amines) is 1. The number of hydrogen-bond acceptors (Lipinski definition) is 3. The number of benzene rings is 2. The molecular formula is C21H22BrN3O2S. The van der Waals surface area contributed by atoms with Crippen LogP contribution in [0.4, 0.5) is 16.2 Å². The first kappa shape index (κ1) is 19.3. The maximum absolute atomic E-state index is 12.7. The predicted molar refractivity (Wildman–Crippen MR) is 118 cm³/mol. The summed E-state index contributed by atoms with van der Waals surface area (Å²) >= 11 is 5.14. The highest BCUT2D eigenvalue weighted by Crippen LogP contribution is 2.46. The predicted octanol–water partition coefficient (Wildman–Crippen LogP) is 4.86. The van der Waals surface area contributed by atoms with Crippen LogP contribution in [-0.2, 0) is 4.79 Å². The number of piperidine rings is 1. The molecule has 1 spiro atoms. The minimum atomic E-state index is -0.253. The summed E-state index contributed by atoms with van der Waals surface area (Å²) in [7, 11) is 0. The van der Waals surface area contributed by atoms with Gasteiger partial charge in [0.25, 0.3) is 0 Å². The summed E-state index contributed by atoms with van der Waals surface area (Å²) in [6.07, 6.45) is 1.53. The molecule has 0 radical (unpaired) electrons. The molecule has 5 nitrogen and oxygen atoms in total. The summed E-state index contributed by atoms with van der Waals surface area (Å²) in [5.74, 6) is 0.653. The molecule has 0 bridgehead atoms. The lowest BCUT2D eigenvalue weighted by atomic mass is 10.0. The van der Waals surface area contributed by atoms with Crippen molar-refractivity contribution in [2.75, 3.05) is 29.1 Å². The minimum Gasteiger partial charge on any atom is -0.324 e. The van der Waals surface area contributed by atoms with Crippen LogP contribution in [0.2, 0.25) is 0 Å². The fourth-order valence-corrected chi connectivity index (χ4v) is 5.62. The van der Waals surface area contributed by atoms with Crippen molar-refractivity contribution in [2.45, 2.75) is 24.6 Å². The van der Waals surface area contributed by atoms with Crippen molar-refractivity contribution >= 4 is 51.0 Å². The van der Waals surface area contributed by atoms with Crippen LogP contribution in [-0.4, -0.2) is 40.6 Å². The van der Waals surface area contributed by atoms with Crippen molar-refractivity contribution in [3.8, 4) is 0 Å². The molecule has 2 heterocycles. The fourth-order valence-electron chi connectivity index (χ4n) is 3.89. The molecule has 0 unspecified atom stereocenters. The summed E-state index contributed by atoms with van der Waals surface area (Å²) in [6, 6.07) is 15.6. The number of rotatable bonds is 2. The van der Waals surface area contributed by atoms with Gasteiger partial charge >= 0.3 is 6.03 Å². The van der Waals surface area contributed by atoms with Gasteiger partial charge in [-0.15, -0.1) is 11.8 Å². The Balaban J connectivity index is 1.46. The third-order valence-corrected chi connectivity index (χ3v) is 7.30. The molecule has 3 amide bonds. The summed E-state index contributed by atoms with van der Waals surface area (Å²) in [4.78, 5) is 28.9. The van der Waals surface area contributed by atoms with Crippen LogP contribution in [0.1, 0.15) is 18.4 Å². The Morgan fingerprint density at radius 2 is 1.89 bits per heavy atom. The molecule has 2 aliphatic heterocycles. The van der Waals surface area contributed by atoms with Crippen molar-refractivity contribution in [1.82, 2.24) is 4.90 Å². The van der Waals surface area contributed by atoms with E-state index in [1.165, 1.54) is 0 Å². The van der Waals surface area contributed by atoms with E-state index in [4.69, 9.17) is 0 Å². The highest BCUT2D eigenvalue weighted by atomic mass is 79.9. The maximum atomic E-state index is 12.7. The van der Waals surface area contributed by atoms with E-state index < -0.39 is 0 Å². The first-order valence-corrected chi connectivity index (χ1v) is 11.1. The Morgan fingerprint density at radius 3 is 2.61 bits per heavy atom. The van der Waals surface area contributed by atoms with Gasteiger partial charge in [-0.3, -0.25) is 9.69 Å². The smallest absolute Gasteiger partial charge is 0.321 e. The second-order valence-corrected chi connectivity index (χ2v) is 9.48. The number of carbonyl (C=O) groups is 2. The van der Waals surface area contributed by atoms with Crippen LogP contribution in [0.25, 0.3) is 0 Å². The molecule has 7 heteroatoms. The number of urea groups is 1. The Morgan fingerprint density at radius 1 is 1.14 bits per heavy atom. The molecule has 146 valence electrons. The zero-order chi connectivity index (χ0) is 19.7. The number of halogens is 1. The van der Waals surface area contributed by atoms with Crippen LogP contribution in [0.5, 0.6) is 0 Å². The molecule has 2 fully saturated rings. The largest absolute Gasteiger partial charge is 0.324 e. The molecule has 0 atom stereocenters. The van der Waals surface area contributed by atoms with Gasteiger partial charge < -0.3 is 10.2 Å². The first-order valence-electron chi connectivity index (χ1n) is 9.32. The average molecular weight is 460 g/mol. The van der Waals surface area contributed by atoms with Gasteiger partial charge in [0.1, 0.15) is 0 Å². The molecule has 4 rings (SSSR count). The highest BCUT2D eigenvalue weighted by Gasteiger charge is 2.49. The molecule has 1 N–H and O–H groups in total. The summed E-state index contributed by atoms with van der Waals surface area (Å²) < 4.78 is 0.928. The first-order chi connectivity index (χ1) is 13.5. The van der Waals surface area contributed by atoms with Crippen LogP contribution >= 0.6 is 27.7 Å². The monoisotopic (exact) mass is 459 g/mol. The van der Waals surface area contributed by atoms with Gasteiger partial charge in [0, 0.05) is 28.9 Å². The summed E-state index contributed by atoms with van der Waals surface area (Å²) in [5, 5.41) is 2.96. The molecule has 2 aromatic rings. The van der Waals surface area contributed by atoms with Crippen molar-refractivity contribution in [1.29, 1.82) is 0 Å². The lowest BCUT2D eigenvalue weighted by Crippen LogP contribution is -2.53. The summed E-state index contributed by atoms with van der Waals surface area (Å²) in [6.45, 7) is 3.30. The van der Waals surface area contributed by atoms with Crippen molar-refractivity contribution in [3.63, 3.8) is 0 Å². The van der Waals surface area contributed by atoms with E-state index in [9.17, 15) is 9.59 Å². The highest BCUT2D eigenvalue weighted by molar-refractivity contribution is 9.10. The van der Waals surface area contributed by atoms with Gasteiger partial charge in [0.15, 0.2) is 0 Å². The Kier molecular flexibility index (Phi) is 5.38. The van der Waals surface area contributed by atoms with Crippen LogP contribution in [0.3, 0.4) is 0 Å². The van der Waals surface area contributed by atoms with Crippen molar-refractivity contribution < 1.29 is 9.59 Å². The lowest BCUT2D eigenvalue weighted by Gasteiger charge is -2.44. The maximum Gasteiger partial charge on any atom is 0.321 e. The van der Waals surface area contributed by atoms with E-state index in [0.29, 0.717) is 18.8 Å². The fraction of sp³-hybridized carbons (Fsp3) is 0.333. The number of hydrogen-bond donors (Lipinski definition) is 1. The zero-order valence-electron chi connectivity index (χ0n) is 15.7. The standard InChI is InChI=1S/C21H22BrN3O2S/c1-15-4-2-7-18(12-15)25-19(26)14-28-21(25)8-10-24(11-9-21)20(27)23-17-6-3-5-16(22)13-17/h2-7,12-13H,8-11,14H2,1H3,(H,23,27). The molecule has 0 saturated carbocycles. The van der Waals surface area contributed by atoms with Gasteiger partial charge in [0.05, 0.1) is 10.6 Å². The molecule has 2 aromatic carbocycles. The topological polar surface area (TPSA) is 52.7 Å². The average Bonchev–Trinajstić information content (AvgIpc) is 2.98. The van der Waals surface area contributed by atoms with Crippen LogP contribution in [0.15, 0.2) is 53.0 Å². The quantitative estimate of drug-likeness (QED) is 0.697. The van der Waals surface area contributed by atoms with Crippen molar-refractivity contribution in [2.24, 2.45) is 0 Å². The number of aryl methyl sites for hydroxylation is 1. The van der Waals surface area contributed by atoms with Gasteiger partial charge in [0.2, 0.25) is 5.91 Å². The second-order valence-electron chi connectivity index (χ2n) is 7.23. The number of carbonyl (C=O) groups excluding carboxylic acids is 2. The number of nitrogens with one attached hydrogen (secondary N) is 1.